The molecule has 3 saturated heterocycles. The fraction of sp³-hybridized carbons (Fsp3) is 0.322. The third kappa shape index (κ3) is 22.5. The van der Waals surface area contributed by atoms with Crippen molar-refractivity contribution in [1.29, 1.82) is 0 Å². The predicted molar refractivity (Wildman–Crippen MR) is 408 cm³/mol. The van der Waals surface area contributed by atoms with E-state index < -0.39 is 97.2 Å². The Labute approximate surface area is 632 Å². The normalized spacial score (nSPS) is 24.3. The van der Waals surface area contributed by atoms with Gasteiger partial charge in [0, 0.05) is 0 Å². The molecule has 10 aromatic carbocycles. The Bertz CT molecular complexity index is 4100. The molecule has 0 spiro atoms. The van der Waals surface area contributed by atoms with Crippen LogP contribution in [-0.2, 0) is 131 Å². The van der Waals surface area contributed by atoms with Gasteiger partial charge >= 0.3 is 5.97 Å². The first-order valence-corrected chi connectivity index (χ1v) is 37.9. The molecule has 3 fully saturated rings. The SMILES string of the molecule is CCSC1OC(COCc2ccccc2)C(OC2OC(COCc3ccccc3)C(OC3OC(COCc4ccccc4)C(OCc4ccccc4)C(OCc4ccccc4)C3OCc3ccccc3)C(OCc3ccccc3)C2OCc2ccccc2)C(OCc2ccccc2)C1OC(=O)c1ccccc1. The highest BCUT2D eigenvalue weighted by Gasteiger charge is 2.58. The van der Waals surface area contributed by atoms with Crippen LogP contribution >= 0.6 is 11.8 Å². The first kappa shape index (κ1) is 76.6. The van der Waals surface area contributed by atoms with Gasteiger partial charge in [-0.15, -0.1) is 11.8 Å². The number of thioether (sulfide) groups is 1. The average Bonchev–Trinajstić information content (AvgIpc) is 0.764. The summed E-state index contributed by atoms with van der Waals surface area (Å²) < 4.78 is 109. The number of ether oxygens (including phenoxy) is 15. The number of benzene rings is 10. The zero-order chi connectivity index (χ0) is 72.9. The van der Waals surface area contributed by atoms with Crippen LogP contribution in [0.5, 0.6) is 0 Å². The number of hydrogen-bond acceptors (Lipinski definition) is 17. The standard InChI is InChI=1S/C90H94O16S/c1-2-107-90-86(104-87(91)74-51-31-12-32-52-74)83(98-59-71-45-25-9-26-46-71)80(77(103-90)64-94-55-67-37-17-5-18-38-67)106-89-85(100-61-73-49-29-11-30-50-73)82(97-58-70-43-23-8-24-44-70)79(76(102-89)63-93-54-66-35-15-4-16-36-66)105-88-84(99-60-72-47-27-10-28-48-72)81(96-57-69-41-21-7-22-42-69)78(95-56-68-39-19-6-20-40-68)75(101-88)62-92-53-65-33-13-3-14-34-65/h3-52,75-86,88-90H,2,53-64H2,1H3. The Morgan fingerprint density at radius 3 is 0.832 bits per heavy atom. The van der Waals surface area contributed by atoms with Gasteiger partial charge in [-0.3, -0.25) is 0 Å². The molecule has 17 heteroatoms. The molecule has 3 aliphatic heterocycles. The van der Waals surface area contributed by atoms with Crippen LogP contribution in [0.4, 0.5) is 0 Å². The van der Waals surface area contributed by atoms with Crippen LogP contribution in [0.3, 0.4) is 0 Å². The fourth-order valence-electron chi connectivity index (χ4n) is 13.4. The summed E-state index contributed by atoms with van der Waals surface area (Å²) in [6.07, 6.45) is -14.5. The monoisotopic (exact) mass is 1460 g/mol. The molecule has 16 nitrogen and oxygen atoms in total. The van der Waals surface area contributed by atoms with Crippen LogP contribution in [0.1, 0.15) is 67.4 Å². The second-order valence-electron chi connectivity index (χ2n) is 26.6. The van der Waals surface area contributed by atoms with Crippen molar-refractivity contribution in [1.82, 2.24) is 0 Å². The molecule has 10 aromatic rings. The zero-order valence-electron chi connectivity index (χ0n) is 60.2. The van der Waals surface area contributed by atoms with Crippen LogP contribution in [0.25, 0.3) is 0 Å². The number of hydrogen-bond donors (Lipinski definition) is 0. The summed E-state index contributed by atoms with van der Waals surface area (Å²) in [5.41, 5.74) is 7.92. The van der Waals surface area contributed by atoms with E-state index in [1.54, 1.807) is 24.3 Å². The van der Waals surface area contributed by atoms with Gasteiger partial charge in [0.15, 0.2) is 18.7 Å². The Kier molecular flexibility index (Phi) is 29.5. The lowest BCUT2D eigenvalue weighted by Gasteiger charge is -2.51. The van der Waals surface area contributed by atoms with E-state index in [1.807, 2.05) is 286 Å². The topological polar surface area (TPSA) is 156 Å². The predicted octanol–water partition coefficient (Wildman–Crippen LogP) is 16.1. The van der Waals surface area contributed by atoms with Crippen molar-refractivity contribution in [2.45, 2.75) is 158 Å². The molecular formula is C90H94O16S. The summed E-state index contributed by atoms with van der Waals surface area (Å²) in [5.74, 6) is 0.0510. The van der Waals surface area contributed by atoms with Crippen LogP contribution in [-0.4, -0.2) is 123 Å². The van der Waals surface area contributed by atoms with Gasteiger partial charge in [0.1, 0.15) is 72.6 Å². The first-order valence-electron chi connectivity index (χ1n) is 36.9. The maximum Gasteiger partial charge on any atom is 0.338 e. The third-order valence-electron chi connectivity index (χ3n) is 18.8. The van der Waals surface area contributed by atoms with Crippen molar-refractivity contribution in [2.75, 3.05) is 25.6 Å². The Balaban J connectivity index is 0.943. The van der Waals surface area contributed by atoms with E-state index in [2.05, 4.69) is 0 Å². The minimum Gasteiger partial charge on any atom is -0.452 e. The quantitative estimate of drug-likeness (QED) is 0.0337. The largest absolute Gasteiger partial charge is 0.452 e. The molecule has 0 aromatic heterocycles. The summed E-state index contributed by atoms with van der Waals surface area (Å²) >= 11 is 1.50. The Morgan fingerprint density at radius 1 is 0.280 bits per heavy atom. The molecule has 3 heterocycles. The molecule has 0 aliphatic carbocycles. The minimum absolute atomic E-state index is 0.0274. The molecule has 15 atom stereocenters. The smallest absolute Gasteiger partial charge is 0.338 e. The molecule has 0 amide bonds. The van der Waals surface area contributed by atoms with Crippen LogP contribution < -0.4 is 0 Å². The molecular weight excluding hydrogens is 1370 g/mol. The van der Waals surface area contributed by atoms with Crippen LogP contribution in [0.15, 0.2) is 303 Å². The minimum atomic E-state index is -1.34. The highest BCUT2D eigenvalue weighted by molar-refractivity contribution is 7.99. The highest BCUT2D eigenvalue weighted by Crippen LogP contribution is 2.41. The Hall–Kier alpha value is -8.54. The summed E-state index contributed by atoms with van der Waals surface area (Å²) in [6.45, 7) is 3.65. The lowest BCUT2D eigenvalue weighted by molar-refractivity contribution is -0.388. The van der Waals surface area contributed by atoms with Gasteiger partial charge in [-0.1, -0.05) is 298 Å². The van der Waals surface area contributed by atoms with E-state index in [9.17, 15) is 4.79 Å². The third-order valence-corrected chi connectivity index (χ3v) is 19.9. The van der Waals surface area contributed by atoms with Gasteiger partial charge in [-0.05, 0) is 68.0 Å². The number of rotatable bonds is 38. The van der Waals surface area contributed by atoms with Gasteiger partial charge in [0.2, 0.25) is 0 Å². The van der Waals surface area contributed by atoms with Crippen molar-refractivity contribution in [3.8, 4) is 0 Å². The molecule has 0 N–H and O–H groups in total. The molecule has 15 unspecified atom stereocenters. The zero-order valence-corrected chi connectivity index (χ0v) is 61.0. The van der Waals surface area contributed by atoms with Gasteiger partial charge in [-0.25, -0.2) is 4.79 Å². The second-order valence-corrected chi connectivity index (χ2v) is 28.0. The maximum atomic E-state index is 14.7. The van der Waals surface area contributed by atoms with E-state index >= 15 is 0 Å². The van der Waals surface area contributed by atoms with Crippen LogP contribution in [0.2, 0.25) is 0 Å². The summed E-state index contributed by atoms with van der Waals surface area (Å²) in [7, 11) is 0. The summed E-state index contributed by atoms with van der Waals surface area (Å²) in [4.78, 5) is 14.7. The lowest BCUT2D eigenvalue weighted by atomic mass is 9.95. The summed E-state index contributed by atoms with van der Waals surface area (Å²) in [5, 5.41) is 0. The number of esters is 1. The first-order chi connectivity index (χ1) is 52.9. The van der Waals surface area contributed by atoms with Gasteiger partial charge in [0.05, 0.1) is 84.8 Å². The molecule has 0 saturated carbocycles. The van der Waals surface area contributed by atoms with Gasteiger partial charge in [-0.2, -0.15) is 0 Å². The second kappa shape index (κ2) is 41.1. The molecule has 13 rings (SSSR count). The van der Waals surface area contributed by atoms with Crippen molar-refractivity contribution in [3.05, 3.63) is 359 Å². The van der Waals surface area contributed by atoms with E-state index in [0.29, 0.717) is 11.3 Å². The summed E-state index contributed by atoms with van der Waals surface area (Å²) in [6, 6.07) is 98.7. The van der Waals surface area contributed by atoms with E-state index in [1.165, 1.54) is 11.8 Å². The molecule has 556 valence electrons. The number of carbonyl (C=O) groups is 1. The van der Waals surface area contributed by atoms with Gasteiger partial charge in [0.25, 0.3) is 0 Å². The van der Waals surface area contributed by atoms with Crippen molar-refractivity contribution in [3.63, 3.8) is 0 Å². The van der Waals surface area contributed by atoms with Crippen molar-refractivity contribution < 1.29 is 75.8 Å². The van der Waals surface area contributed by atoms with E-state index in [0.717, 1.165) is 50.1 Å². The lowest BCUT2D eigenvalue weighted by Crippen LogP contribution is -2.68. The molecule has 3 aliphatic rings. The fourth-order valence-corrected chi connectivity index (χ4v) is 14.4. The van der Waals surface area contributed by atoms with Gasteiger partial charge < -0.3 is 71.1 Å². The van der Waals surface area contributed by atoms with Crippen LogP contribution in [0, 0.1) is 0 Å². The molecule has 0 radical (unpaired) electrons. The highest BCUT2D eigenvalue weighted by atomic mass is 32.2. The average molecular weight is 1460 g/mol. The Morgan fingerprint density at radius 2 is 0.523 bits per heavy atom. The maximum absolute atomic E-state index is 14.7. The molecule has 107 heavy (non-hydrogen) atoms. The van der Waals surface area contributed by atoms with E-state index in [-0.39, 0.29) is 79.3 Å². The van der Waals surface area contributed by atoms with Crippen molar-refractivity contribution in [2.24, 2.45) is 0 Å². The number of carbonyl (C=O) groups excluding carboxylic acids is 1. The van der Waals surface area contributed by atoms with E-state index in [4.69, 9.17) is 71.1 Å². The molecule has 0 bridgehead atoms. The van der Waals surface area contributed by atoms with Crippen molar-refractivity contribution >= 4 is 17.7 Å².